The fourth-order valence-corrected chi connectivity index (χ4v) is 3.43. The van der Waals surface area contributed by atoms with E-state index < -0.39 is 29.1 Å². The number of carbonyl (C=O) groups is 2. The first-order valence-corrected chi connectivity index (χ1v) is 9.53. The maximum absolute atomic E-state index is 13.9. The van der Waals surface area contributed by atoms with E-state index in [-0.39, 0.29) is 24.2 Å². The molecule has 158 valence electrons. The van der Waals surface area contributed by atoms with Crippen LogP contribution >= 0.6 is 12.4 Å². The van der Waals surface area contributed by atoms with Crippen molar-refractivity contribution in [1.29, 1.82) is 0 Å². The molecule has 0 aliphatic carbocycles. The molecule has 2 rings (SSSR count). The third-order valence-corrected chi connectivity index (χ3v) is 5.14. The van der Waals surface area contributed by atoms with Gasteiger partial charge in [-0.05, 0) is 56.8 Å². The largest absolute Gasteiger partial charge is 0.341 e. The van der Waals surface area contributed by atoms with Gasteiger partial charge in [0.2, 0.25) is 5.91 Å². The summed E-state index contributed by atoms with van der Waals surface area (Å²) in [5.41, 5.74) is -0.651. The van der Waals surface area contributed by atoms with Gasteiger partial charge in [-0.15, -0.1) is 12.4 Å². The Morgan fingerprint density at radius 3 is 2.25 bits per heavy atom. The number of nitrogens with one attached hydrogen (secondary N) is 2. The summed E-state index contributed by atoms with van der Waals surface area (Å²) in [6.45, 7) is 5.85. The van der Waals surface area contributed by atoms with E-state index in [2.05, 4.69) is 10.6 Å². The van der Waals surface area contributed by atoms with E-state index in [0.29, 0.717) is 19.0 Å². The second-order valence-corrected chi connectivity index (χ2v) is 7.45. The number of hydrogen-bond donors (Lipinski definition) is 2. The summed E-state index contributed by atoms with van der Waals surface area (Å²) in [5, 5.41) is 5.68. The van der Waals surface area contributed by atoms with Crippen LogP contribution in [0.4, 0.5) is 8.78 Å². The SMILES string of the molecule is CNCCC1CCN(C(=O)[C@@H](NC(=O)c2c(F)cccc2F)C(C)C)CC1.Cl. The van der Waals surface area contributed by atoms with Gasteiger partial charge in [-0.2, -0.15) is 0 Å². The van der Waals surface area contributed by atoms with Crippen LogP contribution in [0.5, 0.6) is 0 Å². The normalized spacial score (nSPS) is 15.9. The monoisotopic (exact) mass is 417 g/mol. The maximum atomic E-state index is 13.9. The second-order valence-electron chi connectivity index (χ2n) is 7.45. The van der Waals surface area contributed by atoms with Gasteiger partial charge < -0.3 is 15.5 Å². The Hall–Kier alpha value is -1.73. The number of piperidine rings is 1. The first-order chi connectivity index (χ1) is 12.8. The zero-order chi connectivity index (χ0) is 20.0. The van der Waals surface area contributed by atoms with Crippen molar-refractivity contribution in [3.05, 3.63) is 35.4 Å². The predicted octanol–water partition coefficient (Wildman–Crippen LogP) is 2.99. The highest BCUT2D eigenvalue weighted by Gasteiger charge is 2.32. The third-order valence-electron chi connectivity index (χ3n) is 5.14. The molecule has 1 aliphatic heterocycles. The average molecular weight is 418 g/mol. The minimum absolute atomic E-state index is 0. The van der Waals surface area contributed by atoms with Crippen molar-refractivity contribution < 1.29 is 18.4 Å². The molecule has 1 aliphatic rings. The molecule has 1 aromatic rings. The number of halogens is 3. The summed E-state index contributed by atoms with van der Waals surface area (Å²) < 4.78 is 27.7. The van der Waals surface area contributed by atoms with Gasteiger partial charge in [-0.1, -0.05) is 19.9 Å². The van der Waals surface area contributed by atoms with E-state index in [1.165, 1.54) is 6.07 Å². The lowest BCUT2D eigenvalue weighted by molar-refractivity contribution is -0.135. The van der Waals surface area contributed by atoms with Gasteiger partial charge in [0, 0.05) is 13.1 Å². The number of nitrogens with zero attached hydrogens (tertiary/aromatic N) is 1. The molecule has 0 spiro atoms. The Balaban J connectivity index is 0.00000392. The lowest BCUT2D eigenvalue weighted by atomic mass is 9.92. The molecule has 0 radical (unpaired) electrons. The van der Waals surface area contributed by atoms with Gasteiger partial charge in [0.15, 0.2) is 0 Å². The minimum atomic E-state index is -0.937. The molecular weight excluding hydrogens is 388 g/mol. The minimum Gasteiger partial charge on any atom is -0.341 e. The molecule has 5 nitrogen and oxygen atoms in total. The van der Waals surface area contributed by atoms with Crippen molar-refractivity contribution in [3.8, 4) is 0 Å². The van der Waals surface area contributed by atoms with Crippen LogP contribution in [0, 0.1) is 23.5 Å². The van der Waals surface area contributed by atoms with Crippen molar-refractivity contribution in [1.82, 2.24) is 15.5 Å². The average Bonchev–Trinajstić information content (AvgIpc) is 2.64. The Morgan fingerprint density at radius 2 is 1.75 bits per heavy atom. The number of likely N-dealkylation sites (tertiary alicyclic amines) is 1. The van der Waals surface area contributed by atoms with E-state index in [9.17, 15) is 18.4 Å². The number of hydrogen-bond acceptors (Lipinski definition) is 3. The summed E-state index contributed by atoms with van der Waals surface area (Å²) in [5.74, 6) is -2.58. The Bertz CT molecular complexity index is 645. The highest BCUT2D eigenvalue weighted by molar-refractivity contribution is 5.98. The number of amides is 2. The fraction of sp³-hybridized carbons (Fsp3) is 0.600. The van der Waals surface area contributed by atoms with Gasteiger partial charge in [0.25, 0.3) is 5.91 Å². The van der Waals surface area contributed by atoms with Crippen molar-refractivity contribution >= 4 is 24.2 Å². The fourth-order valence-electron chi connectivity index (χ4n) is 3.43. The predicted molar refractivity (Wildman–Crippen MR) is 108 cm³/mol. The third kappa shape index (κ3) is 6.14. The van der Waals surface area contributed by atoms with E-state index in [1.807, 2.05) is 7.05 Å². The molecule has 0 aromatic heterocycles. The van der Waals surface area contributed by atoms with Crippen LogP contribution in [0.15, 0.2) is 18.2 Å². The van der Waals surface area contributed by atoms with Crippen molar-refractivity contribution in [2.24, 2.45) is 11.8 Å². The van der Waals surface area contributed by atoms with Crippen molar-refractivity contribution in [2.45, 2.75) is 39.2 Å². The Morgan fingerprint density at radius 1 is 1.18 bits per heavy atom. The van der Waals surface area contributed by atoms with Crippen LogP contribution in [0.3, 0.4) is 0 Å². The zero-order valence-electron chi connectivity index (χ0n) is 16.6. The molecule has 0 saturated carbocycles. The summed E-state index contributed by atoms with van der Waals surface area (Å²) in [6.07, 6.45) is 2.93. The van der Waals surface area contributed by atoms with Crippen LogP contribution in [-0.2, 0) is 4.79 Å². The van der Waals surface area contributed by atoms with E-state index in [4.69, 9.17) is 0 Å². The lowest BCUT2D eigenvalue weighted by Crippen LogP contribution is -2.53. The van der Waals surface area contributed by atoms with Crippen LogP contribution in [-0.4, -0.2) is 49.4 Å². The molecular formula is C20H30ClF2N3O2. The zero-order valence-corrected chi connectivity index (χ0v) is 17.5. The molecule has 2 amide bonds. The highest BCUT2D eigenvalue weighted by Crippen LogP contribution is 2.22. The van der Waals surface area contributed by atoms with Crippen molar-refractivity contribution in [3.63, 3.8) is 0 Å². The number of carbonyl (C=O) groups excluding carboxylic acids is 2. The molecule has 1 aromatic carbocycles. The number of benzene rings is 1. The molecule has 2 N–H and O–H groups in total. The summed E-state index contributed by atoms with van der Waals surface area (Å²) in [4.78, 5) is 27.0. The smallest absolute Gasteiger partial charge is 0.257 e. The standard InChI is InChI=1S/C20H29F2N3O2.ClH/c1-13(2)18(24-19(26)17-15(21)5-4-6-16(17)22)20(27)25-11-8-14(9-12-25)7-10-23-3;/h4-6,13-14,18,23H,7-12H2,1-3H3,(H,24,26);1H/t18-;/m0./s1. The van der Waals surface area contributed by atoms with Gasteiger partial charge in [-0.25, -0.2) is 8.78 Å². The first-order valence-electron chi connectivity index (χ1n) is 9.53. The molecule has 1 saturated heterocycles. The maximum Gasteiger partial charge on any atom is 0.257 e. The molecule has 28 heavy (non-hydrogen) atoms. The molecule has 1 fully saturated rings. The summed E-state index contributed by atoms with van der Waals surface area (Å²) >= 11 is 0. The molecule has 1 atom stereocenters. The van der Waals surface area contributed by atoms with Gasteiger partial charge in [-0.3, -0.25) is 9.59 Å². The summed E-state index contributed by atoms with van der Waals surface area (Å²) in [6, 6.07) is 2.44. The van der Waals surface area contributed by atoms with Crippen LogP contribution in [0.1, 0.15) is 43.5 Å². The first kappa shape index (κ1) is 24.3. The topological polar surface area (TPSA) is 61.4 Å². The van der Waals surface area contributed by atoms with E-state index >= 15 is 0 Å². The number of rotatable bonds is 7. The molecule has 1 heterocycles. The second kappa shape index (κ2) is 11.3. The molecule has 0 bridgehead atoms. The van der Waals surface area contributed by atoms with Crippen molar-refractivity contribution in [2.75, 3.05) is 26.7 Å². The quantitative estimate of drug-likeness (QED) is 0.717. The molecule has 0 unspecified atom stereocenters. The van der Waals surface area contributed by atoms with E-state index in [1.54, 1.807) is 18.7 Å². The Labute approximate surface area is 171 Å². The van der Waals surface area contributed by atoms with Gasteiger partial charge in [0.05, 0.1) is 0 Å². The lowest BCUT2D eigenvalue weighted by Gasteiger charge is -2.35. The van der Waals surface area contributed by atoms with Crippen LogP contribution in [0.2, 0.25) is 0 Å². The van der Waals surface area contributed by atoms with Crippen LogP contribution < -0.4 is 10.6 Å². The van der Waals surface area contributed by atoms with E-state index in [0.717, 1.165) is 37.9 Å². The van der Waals surface area contributed by atoms with Crippen LogP contribution in [0.25, 0.3) is 0 Å². The summed E-state index contributed by atoms with van der Waals surface area (Å²) in [7, 11) is 1.92. The van der Waals surface area contributed by atoms with Gasteiger partial charge >= 0.3 is 0 Å². The highest BCUT2D eigenvalue weighted by atomic mass is 35.5. The van der Waals surface area contributed by atoms with Gasteiger partial charge in [0.1, 0.15) is 23.2 Å². The Kier molecular flexibility index (Phi) is 9.82. The molecule has 8 heteroatoms.